The van der Waals surface area contributed by atoms with Crippen molar-refractivity contribution in [3.8, 4) is 0 Å². The largest absolute Gasteiger partial charge is 0.369 e. The van der Waals surface area contributed by atoms with Crippen LogP contribution in [0.15, 0.2) is 11.0 Å². The van der Waals surface area contributed by atoms with E-state index in [0.29, 0.717) is 5.56 Å². The van der Waals surface area contributed by atoms with Crippen LogP contribution in [-0.4, -0.2) is 9.55 Å². The number of nitrogens with zero attached hydrogens (tertiary/aromatic N) is 2. The molecule has 0 saturated carbocycles. The molecule has 4 nitrogen and oxygen atoms in total. The molecule has 2 N–H and O–H groups in total. The highest BCUT2D eigenvalue weighted by Gasteiger charge is 1.96. The summed E-state index contributed by atoms with van der Waals surface area (Å²) >= 11 is 0. The number of nitrogen functional groups attached to an aromatic ring is 1. The van der Waals surface area contributed by atoms with Crippen molar-refractivity contribution in [1.29, 1.82) is 0 Å². The Hall–Kier alpha value is -1.32. The molecular weight excluding hydrogens is 130 g/mol. The normalized spacial score (nSPS) is 9.80. The van der Waals surface area contributed by atoms with Crippen LogP contribution in [-0.2, 0) is 7.05 Å². The number of aromatic nitrogens is 2. The molecule has 0 bridgehead atoms. The first-order valence-corrected chi connectivity index (χ1v) is 2.91. The predicted octanol–water partition coefficient (Wildman–Crippen LogP) is -0.329. The third-order valence-corrected chi connectivity index (χ3v) is 1.30. The minimum Gasteiger partial charge on any atom is -0.369 e. The van der Waals surface area contributed by atoms with Crippen molar-refractivity contribution in [2.24, 2.45) is 7.05 Å². The molecule has 0 unspecified atom stereocenters. The highest BCUT2D eigenvalue weighted by atomic mass is 16.1. The van der Waals surface area contributed by atoms with Gasteiger partial charge in [-0.1, -0.05) is 0 Å². The van der Waals surface area contributed by atoms with Gasteiger partial charge in [0, 0.05) is 18.8 Å². The van der Waals surface area contributed by atoms with Gasteiger partial charge in [-0.3, -0.25) is 4.79 Å². The molecular formula is C6H9N3O. The van der Waals surface area contributed by atoms with Gasteiger partial charge in [0.15, 0.2) is 0 Å². The minimum atomic E-state index is -0.254. The van der Waals surface area contributed by atoms with Crippen molar-refractivity contribution >= 4 is 5.95 Å². The summed E-state index contributed by atoms with van der Waals surface area (Å²) in [5.74, 6) is 0.246. The molecule has 0 aliphatic heterocycles. The number of rotatable bonds is 0. The Morgan fingerprint density at radius 1 is 1.70 bits per heavy atom. The SMILES string of the molecule is Cc1cn(C)c(N)nc1=O. The Morgan fingerprint density at radius 2 is 2.30 bits per heavy atom. The average Bonchev–Trinajstić information content (AvgIpc) is 1.84. The molecule has 0 radical (unpaired) electrons. The van der Waals surface area contributed by atoms with E-state index in [1.54, 1.807) is 24.7 Å². The molecule has 54 valence electrons. The van der Waals surface area contributed by atoms with Crippen molar-refractivity contribution in [2.45, 2.75) is 6.92 Å². The highest BCUT2D eigenvalue weighted by molar-refractivity contribution is 5.18. The summed E-state index contributed by atoms with van der Waals surface area (Å²) in [7, 11) is 1.74. The van der Waals surface area contributed by atoms with Gasteiger partial charge in [0.1, 0.15) is 0 Å². The Balaban J connectivity index is 3.43. The minimum absolute atomic E-state index is 0.246. The summed E-state index contributed by atoms with van der Waals surface area (Å²) in [6, 6.07) is 0. The van der Waals surface area contributed by atoms with Crippen molar-refractivity contribution in [1.82, 2.24) is 9.55 Å². The molecule has 0 saturated heterocycles. The zero-order chi connectivity index (χ0) is 7.72. The maximum atomic E-state index is 10.8. The lowest BCUT2D eigenvalue weighted by atomic mass is 10.4. The second kappa shape index (κ2) is 2.13. The topological polar surface area (TPSA) is 60.9 Å². The third kappa shape index (κ3) is 1.00. The Labute approximate surface area is 58.3 Å². The lowest BCUT2D eigenvalue weighted by Crippen LogP contribution is -2.16. The number of hydrogen-bond donors (Lipinski definition) is 1. The number of hydrogen-bond acceptors (Lipinski definition) is 3. The Morgan fingerprint density at radius 3 is 2.80 bits per heavy atom. The van der Waals surface area contributed by atoms with Crippen molar-refractivity contribution < 1.29 is 0 Å². The van der Waals surface area contributed by atoms with Gasteiger partial charge in [-0.25, -0.2) is 0 Å². The molecule has 0 atom stereocenters. The second-order valence-corrected chi connectivity index (χ2v) is 2.20. The number of aryl methyl sites for hydroxylation is 2. The molecule has 4 heteroatoms. The molecule has 1 heterocycles. The van der Waals surface area contributed by atoms with E-state index < -0.39 is 0 Å². The highest BCUT2D eigenvalue weighted by Crippen LogP contribution is 1.91. The fourth-order valence-corrected chi connectivity index (χ4v) is 0.683. The Bertz CT molecular complexity index is 302. The van der Waals surface area contributed by atoms with E-state index in [-0.39, 0.29) is 11.5 Å². The van der Waals surface area contributed by atoms with Gasteiger partial charge in [0.05, 0.1) is 0 Å². The van der Waals surface area contributed by atoms with E-state index in [0.717, 1.165) is 0 Å². The van der Waals surface area contributed by atoms with Gasteiger partial charge >= 0.3 is 0 Å². The maximum Gasteiger partial charge on any atom is 0.277 e. The molecule has 1 aromatic heterocycles. The van der Waals surface area contributed by atoms with Crippen LogP contribution in [0.2, 0.25) is 0 Å². The van der Waals surface area contributed by atoms with Gasteiger partial charge in [-0.2, -0.15) is 4.98 Å². The first-order chi connectivity index (χ1) is 4.61. The molecule has 0 fully saturated rings. The lowest BCUT2D eigenvalue weighted by Gasteiger charge is -2.00. The van der Waals surface area contributed by atoms with Crippen molar-refractivity contribution in [3.63, 3.8) is 0 Å². The molecule has 10 heavy (non-hydrogen) atoms. The van der Waals surface area contributed by atoms with E-state index in [9.17, 15) is 4.79 Å². The smallest absolute Gasteiger partial charge is 0.277 e. The van der Waals surface area contributed by atoms with Gasteiger partial charge in [-0.15, -0.1) is 0 Å². The van der Waals surface area contributed by atoms with Crippen LogP contribution in [0.1, 0.15) is 5.56 Å². The van der Waals surface area contributed by atoms with Crippen LogP contribution in [0.5, 0.6) is 0 Å². The molecule has 0 aliphatic rings. The summed E-state index contributed by atoms with van der Waals surface area (Å²) in [5.41, 5.74) is 5.70. The van der Waals surface area contributed by atoms with Crippen molar-refractivity contribution in [2.75, 3.05) is 5.73 Å². The first kappa shape index (κ1) is 6.80. The van der Waals surface area contributed by atoms with E-state index >= 15 is 0 Å². The molecule has 1 rings (SSSR count). The van der Waals surface area contributed by atoms with Crippen LogP contribution in [0.3, 0.4) is 0 Å². The Kier molecular flexibility index (Phi) is 1.45. The van der Waals surface area contributed by atoms with Crippen LogP contribution in [0.25, 0.3) is 0 Å². The van der Waals surface area contributed by atoms with Gasteiger partial charge in [-0.05, 0) is 6.92 Å². The van der Waals surface area contributed by atoms with Crippen LogP contribution < -0.4 is 11.3 Å². The standard InChI is InChI=1S/C6H9N3O/c1-4-3-9(2)6(7)8-5(4)10/h3H,1-2H3,(H2,7,8,10). The summed E-state index contributed by atoms with van der Waals surface area (Å²) in [5, 5.41) is 0. The second-order valence-electron chi connectivity index (χ2n) is 2.20. The summed E-state index contributed by atoms with van der Waals surface area (Å²) < 4.78 is 1.61. The third-order valence-electron chi connectivity index (χ3n) is 1.30. The first-order valence-electron chi connectivity index (χ1n) is 2.91. The number of nitrogens with two attached hydrogens (primary N) is 1. The quantitative estimate of drug-likeness (QED) is 0.535. The zero-order valence-corrected chi connectivity index (χ0v) is 5.96. The number of anilines is 1. The fraction of sp³-hybridized carbons (Fsp3) is 0.333. The fourth-order valence-electron chi connectivity index (χ4n) is 0.683. The van der Waals surface area contributed by atoms with Crippen molar-refractivity contribution in [3.05, 3.63) is 22.1 Å². The average molecular weight is 139 g/mol. The molecule has 0 aromatic carbocycles. The van der Waals surface area contributed by atoms with E-state index in [4.69, 9.17) is 5.73 Å². The predicted molar refractivity (Wildman–Crippen MR) is 38.6 cm³/mol. The van der Waals surface area contributed by atoms with E-state index in [2.05, 4.69) is 4.98 Å². The summed E-state index contributed by atoms with van der Waals surface area (Å²) in [4.78, 5) is 14.3. The van der Waals surface area contributed by atoms with Gasteiger partial charge in [0.2, 0.25) is 5.95 Å². The van der Waals surface area contributed by atoms with E-state index in [1.807, 2.05) is 0 Å². The summed E-state index contributed by atoms with van der Waals surface area (Å²) in [6.45, 7) is 1.70. The summed E-state index contributed by atoms with van der Waals surface area (Å²) in [6.07, 6.45) is 1.66. The molecule has 0 aliphatic carbocycles. The maximum absolute atomic E-state index is 10.8. The lowest BCUT2D eigenvalue weighted by molar-refractivity contribution is 0.860. The van der Waals surface area contributed by atoms with Crippen LogP contribution in [0.4, 0.5) is 5.95 Å². The van der Waals surface area contributed by atoms with Gasteiger partial charge < -0.3 is 10.3 Å². The van der Waals surface area contributed by atoms with E-state index in [1.165, 1.54) is 0 Å². The molecule has 0 amide bonds. The monoisotopic (exact) mass is 139 g/mol. The van der Waals surface area contributed by atoms with Crippen LogP contribution in [0, 0.1) is 6.92 Å². The molecule has 1 aromatic rings. The van der Waals surface area contributed by atoms with Gasteiger partial charge in [0.25, 0.3) is 5.56 Å². The zero-order valence-electron chi connectivity index (χ0n) is 5.96. The molecule has 0 spiro atoms. The van der Waals surface area contributed by atoms with Crippen LogP contribution >= 0.6 is 0 Å².